The minimum Gasteiger partial charge on any atom is -0.314 e. The summed E-state index contributed by atoms with van der Waals surface area (Å²) in [5.41, 5.74) is 0. The molecule has 1 saturated carbocycles. The van der Waals surface area contributed by atoms with Crippen LogP contribution in [0.15, 0.2) is 0 Å². The van der Waals surface area contributed by atoms with Crippen LogP contribution in [-0.4, -0.2) is 57.5 Å². The third-order valence-electron chi connectivity index (χ3n) is 4.85. The van der Waals surface area contributed by atoms with Gasteiger partial charge in [0.15, 0.2) is 9.84 Å². The molecule has 2 fully saturated rings. The number of piperazine rings is 1. The summed E-state index contributed by atoms with van der Waals surface area (Å²) in [4.78, 5) is 2.48. The molecule has 1 aliphatic carbocycles. The zero-order valence-corrected chi connectivity index (χ0v) is 14.2. The predicted molar refractivity (Wildman–Crippen MR) is 88.4 cm³/mol. The lowest BCUT2D eigenvalue weighted by Gasteiger charge is -2.27. The lowest BCUT2D eigenvalue weighted by atomic mass is 9.91. The highest BCUT2D eigenvalue weighted by atomic mass is 32.2. The Labute approximate surface area is 130 Å². The van der Waals surface area contributed by atoms with Crippen LogP contribution < -0.4 is 5.32 Å². The van der Waals surface area contributed by atoms with Gasteiger partial charge in [0.05, 0.1) is 11.5 Å². The summed E-state index contributed by atoms with van der Waals surface area (Å²) in [7, 11) is -2.81. The van der Waals surface area contributed by atoms with Crippen molar-refractivity contribution in [1.29, 1.82) is 0 Å². The van der Waals surface area contributed by atoms with Gasteiger partial charge in [-0.2, -0.15) is 0 Å². The van der Waals surface area contributed by atoms with Crippen molar-refractivity contribution in [3.8, 4) is 0 Å². The van der Waals surface area contributed by atoms with Crippen LogP contribution in [0.5, 0.6) is 0 Å². The first-order chi connectivity index (χ1) is 10.2. The number of nitrogens with one attached hydrogen (secondary N) is 1. The molecule has 1 saturated heterocycles. The average Bonchev–Trinajstić information content (AvgIpc) is 2.48. The summed E-state index contributed by atoms with van der Waals surface area (Å²) in [5, 5.41) is 3.35. The molecule has 2 rings (SSSR count). The fourth-order valence-corrected chi connectivity index (χ4v) is 5.43. The summed E-state index contributed by atoms with van der Waals surface area (Å²) >= 11 is 0. The molecular formula is C16H32N2O2S. The highest BCUT2D eigenvalue weighted by molar-refractivity contribution is 7.91. The highest BCUT2D eigenvalue weighted by Crippen LogP contribution is 2.25. The van der Waals surface area contributed by atoms with E-state index < -0.39 is 9.84 Å². The largest absolute Gasteiger partial charge is 0.314 e. The molecule has 0 aromatic rings. The van der Waals surface area contributed by atoms with Gasteiger partial charge >= 0.3 is 0 Å². The zero-order valence-electron chi connectivity index (χ0n) is 13.4. The van der Waals surface area contributed by atoms with Crippen LogP contribution in [0.2, 0.25) is 0 Å². The first-order valence-electron chi connectivity index (χ1n) is 8.79. The van der Waals surface area contributed by atoms with Crippen molar-refractivity contribution in [1.82, 2.24) is 10.2 Å². The molecule has 1 heterocycles. The van der Waals surface area contributed by atoms with Crippen LogP contribution in [0, 0.1) is 5.92 Å². The van der Waals surface area contributed by atoms with Gasteiger partial charge in [-0.25, -0.2) is 8.42 Å². The van der Waals surface area contributed by atoms with Gasteiger partial charge < -0.3 is 10.2 Å². The van der Waals surface area contributed by atoms with Gasteiger partial charge in [0, 0.05) is 26.2 Å². The molecule has 1 aliphatic heterocycles. The molecular weight excluding hydrogens is 284 g/mol. The summed E-state index contributed by atoms with van der Waals surface area (Å²) in [6, 6.07) is 0. The number of hydrogen-bond acceptors (Lipinski definition) is 4. The Morgan fingerprint density at radius 1 is 0.952 bits per heavy atom. The highest BCUT2D eigenvalue weighted by Gasteiger charge is 2.21. The Hall–Kier alpha value is -0.130. The Morgan fingerprint density at radius 3 is 2.38 bits per heavy atom. The predicted octanol–water partition coefficient (Wildman–Crippen LogP) is 2.06. The van der Waals surface area contributed by atoms with Crippen molar-refractivity contribution in [2.24, 2.45) is 5.92 Å². The molecule has 0 unspecified atom stereocenters. The average molecular weight is 317 g/mol. The van der Waals surface area contributed by atoms with Crippen LogP contribution >= 0.6 is 0 Å². The molecule has 1 N–H and O–H groups in total. The number of unbranched alkanes of at least 4 members (excludes halogenated alkanes) is 2. The van der Waals surface area contributed by atoms with Gasteiger partial charge in [0.1, 0.15) is 0 Å². The van der Waals surface area contributed by atoms with E-state index in [2.05, 4.69) is 10.2 Å². The fraction of sp³-hybridized carbons (Fsp3) is 1.00. The van der Waals surface area contributed by atoms with Crippen molar-refractivity contribution in [3.63, 3.8) is 0 Å². The standard InChI is InChI=1S/C16H32N2O2S/c19-21(20,15-16-7-3-1-4-8-16)14-6-2-5-11-18-12-9-17-10-13-18/h16-17H,1-15H2. The van der Waals surface area contributed by atoms with Crippen LogP contribution in [0.4, 0.5) is 0 Å². The van der Waals surface area contributed by atoms with Crippen molar-refractivity contribution in [2.75, 3.05) is 44.2 Å². The second kappa shape index (κ2) is 9.11. The van der Waals surface area contributed by atoms with E-state index in [0.717, 1.165) is 64.8 Å². The van der Waals surface area contributed by atoms with Crippen molar-refractivity contribution in [2.45, 2.75) is 51.4 Å². The monoisotopic (exact) mass is 316 g/mol. The molecule has 0 radical (unpaired) electrons. The van der Waals surface area contributed by atoms with E-state index in [1.165, 1.54) is 19.3 Å². The van der Waals surface area contributed by atoms with E-state index in [1.54, 1.807) is 0 Å². The molecule has 21 heavy (non-hydrogen) atoms. The Bertz CT molecular complexity index is 372. The smallest absolute Gasteiger partial charge is 0.150 e. The number of rotatable bonds is 8. The Balaban J connectivity index is 1.54. The topological polar surface area (TPSA) is 49.4 Å². The molecule has 4 nitrogen and oxygen atoms in total. The van der Waals surface area contributed by atoms with Gasteiger partial charge in [0.25, 0.3) is 0 Å². The van der Waals surface area contributed by atoms with Gasteiger partial charge in [-0.1, -0.05) is 25.7 Å². The molecule has 0 aromatic carbocycles. The number of hydrogen-bond donors (Lipinski definition) is 1. The Morgan fingerprint density at radius 2 is 1.67 bits per heavy atom. The summed E-state index contributed by atoms with van der Waals surface area (Å²) in [5.74, 6) is 1.31. The van der Waals surface area contributed by atoms with Crippen LogP contribution in [-0.2, 0) is 9.84 Å². The third-order valence-corrected chi connectivity index (χ3v) is 6.74. The van der Waals surface area contributed by atoms with E-state index in [0.29, 0.717) is 17.4 Å². The molecule has 124 valence electrons. The third kappa shape index (κ3) is 7.11. The van der Waals surface area contributed by atoms with E-state index in [-0.39, 0.29) is 0 Å². The van der Waals surface area contributed by atoms with E-state index in [1.807, 2.05) is 0 Å². The SMILES string of the molecule is O=S(=O)(CCCCCN1CCNCC1)CC1CCCCC1. The maximum atomic E-state index is 12.1. The van der Waals surface area contributed by atoms with Gasteiger partial charge in [-0.3, -0.25) is 0 Å². The maximum Gasteiger partial charge on any atom is 0.150 e. The van der Waals surface area contributed by atoms with Gasteiger partial charge in [-0.15, -0.1) is 0 Å². The van der Waals surface area contributed by atoms with Gasteiger partial charge in [0.2, 0.25) is 0 Å². The van der Waals surface area contributed by atoms with Crippen LogP contribution in [0.25, 0.3) is 0 Å². The first kappa shape index (κ1) is 17.2. The van der Waals surface area contributed by atoms with Crippen LogP contribution in [0.3, 0.4) is 0 Å². The van der Waals surface area contributed by atoms with E-state index in [4.69, 9.17) is 0 Å². The van der Waals surface area contributed by atoms with Crippen molar-refractivity contribution in [3.05, 3.63) is 0 Å². The molecule has 0 spiro atoms. The quantitative estimate of drug-likeness (QED) is 0.696. The van der Waals surface area contributed by atoms with Crippen LogP contribution in [0.1, 0.15) is 51.4 Å². The molecule has 2 aliphatic rings. The van der Waals surface area contributed by atoms with Crippen molar-refractivity contribution >= 4 is 9.84 Å². The zero-order chi connectivity index (χ0) is 15.0. The number of sulfone groups is 1. The van der Waals surface area contributed by atoms with E-state index >= 15 is 0 Å². The molecule has 0 amide bonds. The second-order valence-electron chi connectivity index (χ2n) is 6.77. The normalized spacial score (nSPS) is 22.5. The van der Waals surface area contributed by atoms with Gasteiger partial charge in [-0.05, 0) is 38.1 Å². The fourth-order valence-electron chi connectivity index (χ4n) is 3.57. The minimum atomic E-state index is -2.81. The van der Waals surface area contributed by atoms with Crippen molar-refractivity contribution < 1.29 is 8.42 Å². The summed E-state index contributed by atoms with van der Waals surface area (Å²) in [6.07, 6.45) is 9.04. The van der Waals surface area contributed by atoms with E-state index in [9.17, 15) is 8.42 Å². The first-order valence-corrected chi connectivity index (χ1v) is 10.6. The summed E-state index contributed by atoms with van der Waals surface area (Å²) < 4.78 is 24.3. The number of nitrogens with zero attached hydrogens (tertiary/aromatic N) is 1. The molecule has 5 heteroatoms. The lowest BCUT2D eigenvalue weighted by Crippen LogP contribution is -2.43. The minimum absolute atomic E-state index is 0.408. The Kier molecular flexibility index (Phi) is 7.47. The second-order valence-corrected chi connectivity index (χ2v) is 9.00. The molecule has 0 aromatic heterocycles. The molecule has 0 bridgehead atoms. The summed E-state index contributed by atoms with van der Waals surface area (Å²) in [6.45, 7) is 5.59. The molecule has 0 atom stereocenters. The lowest BCUT2D eigenvalue weighted by molar-refractivity contribution is 0.236. The maximum absolute atomic E-state index is 12.1.